The van der Waals surface area contributed by atoms with Crippen molar-refractivity contribution in [1.82, 2.24) is 9.88 Å². The summed E-state index contributed by atoms with van der Waals surface area (Å²) >= 11 is 0. The molecule has 1 aromatic heterocycles. The Morgan fingerprint density at radius 1 is 1.23 bits per heavy atom. The molecular formula is C28H30N2O5. The maximum atomic E-state index is 12.7. The summed E-state index contributed by atoms with van der Waals surface area (Å²) in [6.07, 6.45) is 4.34. The third-order valence-electron chi connectivity index (χ3n) is 6.23. The molecule has 4 rings (SSSR count). The number of oxazole rings is 1. The number of amides is 1. The van der Waals surface area contributed by atoms with Crippen molar-refractivity contribution in [2.45, 2.75) is 51.6 Å². The van der Waals surface area contributed by atoms with Crippen molar-refractivity contribution in [2.24, 2.45) is 0 Å². The second-order valence-electron chi connectivity index (χ2n) is 8.68. The number of fused-ring (bicyclic) bond motifs is 1. The Balaban J connectivity index is 1.40. The number of carbonyl (C=O) groups excluding carboxylic acids is 1. The fourth-order valence-electron chi connectivity index (χ4n) is 4.30. The number of unbranched alkanes of at least 4 members (excludes halogenated alkanes) is 1. The van der Waals surface area contributed by atoms with E-state index in [1.165, 1.54) is 4.90 Å². The molecule has 0 bridgehead atoms. The SMILES string of the molecule is C=CCCCC(=O)N1Cc2cc(OCCc3nc(-c4ccccc4)oc3C)ccc2C[C@H]1C(=O)O. The van der Waals surface area contributed by atoms with E-state index in [1.54, 1.807) is 6.08 Å². The first-order chi connectivity index (χ1) is 17.0. The van der Waals surface area contributed by atoms with Crippen LogP contribution in [-0.4, -0.2) is 39.5 Å². The van der Waals surface area contributed by atoms with Crippen molar-refractivity contribution in [2.75, 3.05) is 6.61 Å². The lowest BCUT2D eigenvalue weighted by Gasteiger charge is -2.34. The number of carbonyl (C=O) groups is 2. The highest BCUT2D eigenvalue weighted by molar-refractivity contribution is 5.84. The number of allylic oxidation sites excluding steroid dienone is 1. The normalized spacial score (nSPS) is 14.9. The lowest BCUT2D eigenvalue weighted by Crippen LogP contribution is -2.48. The van der Waals surface area contributed by atoms with Crippen LogP contribution in [0.15, 0.2) is 65.6 Å². The molecule has 7 nitrogen and oxygen atoms in total. The third kappa shape index (κ3) is 5.80. The van der Waals surface area contributed by atoms with Crippen LogP contribution in [0.25, 0.3) is 11.5 Å². The van der Waals surface area contributed by atoms with Gasteiger partial charge in [-0.25, -0.2) is 9.78 Å². The summed E-state index contributed by atoms with van der Waals surface area (Å²) in [6.45, 7) is 6.25. The molecule has 7 heteroatoms. The number of hydrogen-bond acceptors (Lipinski definition) is 5. The number of aliphatic carboxylic acids is 1. The number of aromatic nitrogens is 1. The third-order valence-corrected chi connectivity index (χ3v) is 6.23. The van der Waals surface area contributed by atoms with Crippen LogP contribution < -0.4 is 4.74 Å². The molecule has 1 aliphatic rings. The van der Waals surface area contributed by atoms with E-state index in [0.29, 0.717) is 43.9 Å². The average Bonchev–Trinajstić information content (AvgIpc) is 3.24. The summed E-state index contributed by atoms with van der Waals surface area (Å²) in [6, 6.07) is 14.6. The van der Waals surface area contributed by atoms with Gasteiger partial charge in [-0.3, -0.25) is 4.79 Å². The maximum absolute atomic E-state index is 12.7. The molecule has 1 N–H and O–H groups in total. The fraction of sp³-hybridized carbons (Fsp3) is 0.321. The van der Waals surface area contributed by atoms with Gasteiger partial charge < -0.3 is 19.2 Å². The Morgan fingerprint density at radius 2 is 2.03 bits per heavy atom. The standard InChI is InChI=1S/C28H30N2O5/c1-3-4-6-11-26(31)30-18-22-16-23(13-12-21(22)17-25(30)28(32)33)34-15-14-24-19(2)35-27(29-24)20-9-7-5-8-10-20/h3,5,7-10,12-13,16,25H,1,4,6,11,14-15,17-18H2,2H3,(H,32,33)/t25-/m0/s1. The largest absolute Gasteiger partial charge is 0.493 e. The minimum atomic E-state index is -0.981. The van der Waals surface area contributed by atoms with Gasteiger partial charge in [-0.1, -0.05) is 30.3 Å². The molecule has 1 aliphatic heterocycles. The van der Waals surface area contributed by atoms with Gasteiger partial charge in [0.05, 0.1) is 12.3 Å². The average molecular weight is 475 g/mol. The zero-order valence-electron chi connectivity index (χ0n) is 19.9. The van der Waals surface area contributed by atoms with Crippen LogP contribution in [-0.2, 0) is 29.0 Å². The molecular weight excluding hydrogens is 444 g/mol. The molecule has 35 heavy (non-hydrogen) atoms. The van der Waals surface area contributed by atoms with Gasteiger partial charge in [0.15, 0.2) is 0 Å². The van der Waals surface area contributed by atoms with Gasteiger partial charge in [0, 0.05) is 31.4 Å². The first-order valence-electron chi connectivity index (χ1n) is 11.9. The lowest BCUT2D eigenvalue weighted by molar-refractivity contribution is -0.151. The molecule has 0 spiro atoms. The predicted molar refractivity (Wildman–Crippen MR) is 132 cm³/mol. The summed E-state index contributed by atoms with van der Waals surface area (Å²) in [5, 5.41) is 9.68. The van der Waals surface area contributed by atoms with E-state index in [1.807, 2.05) is 55.5 Å². The van der Waals surface area contributed by atoms with Crippen LogP contribution in [0.5, 0.6) is 5.75 Å². The van der Waals surface area contributed by atoms with E-state index in [-0.39, 0.29) is 12.5 Å². The molecule has 1 atom stereocenters. The molecule has 0 fully saturated rings. The number of ether oxygens (including phenoxy) is 1. The minimum absolute atomic E-state index is 0.146. The molecule has 182 valence electrons. The van der Waals surface area contributed by atoms with Crippen LogP contribution in [0.4, 0.5) is 0 Å². The first kappa shape index (κ1) is 24.3. The lowest BCUT2D eigenvalue weighted by atomic mass is 9.93. The first-order valence-corrected chi connectivity index (χ1v) is 11.9. The highest BCUT2D eigenvalue weighted by Gasteiger charge is 2.34. The Labute approximate surface area is 205 Å². The summed E-state index contributed by atoms with van der Waals surface area (Å²) in [5.74, 6) is 0.916. The summed E-state index contributed by atoms with van der Waals surface area (Å²) in [7, 11) is 0. The van der Waals surface area contributed by atoms with E-state index in [0.717, 1.165) is 34.6 Å². The van der Waals surface area contributed by atoms with Crippen molar-refractivity contribution in [3.8, 4) is 17.2 Å². The minimum Gasteiger partial charge on any atom is -0.493 e. The topological polar surface area (TPSA) is 92.9 Å². The Morgan fingerprint density at radius 3 is 2.77 bits per heavy atom. The number of benzene rings is 2. The maximum Gasteiger partial charge on any atom is 0.326 e. The van der Waals surface area contributed by atoms with Crippen LogP contribution in [0.1, 0.15) is 41.8 Å². The number of carboxylic acids is 1. The van der Waals surface area contributed by atoms with Crippen LogP contribution in [0.2, 0.25) is 0 Å². The predicted octanol–water partition coefficient (Wildman–Crippen LogP) is 4.97. The van der Waals surface area contributed by atoms with E-state index in [4.69, 9.17) is 9.15 Å². The van der Waals surface area contributed by atoms with Crippen molar-refractivity contribution in [3.63, 3.8) is 0 Å². The van der Waals surface area contributed by atoms with Crippen molar-refractivity contribution in [1.29, 1.82) is 0 Å². The van der Waals surface area contributed by atoms with Gasteiger partial charge in [-0.2, -0.15) is 0 Å². The monoisotopic (exact) mass is 474 g/mol. The Kier molecular flexibility index (Phi) is 7.65. The number of nitrogens with zero attached hydrogens (tertiary/aromatic N) is 2. The molecule has 2 aromatic carbocycles. The molecule has 0 radical (unpaired) electrons. The Hall–Kier alpha value is -3.87. The molecule has 0 aliphatic carbocycles. The van der Waals surface area contributed by atoms with E-state index in [2.05, 4.69) is 11.6 Å². The van der Waals surface area contributed by atoms with Gasteiger partial charge in [0.1, 0.15) is 17.6 Å². The van der Waals surface area contributed by atoms with Gasteiger partial charge in [0.2, 0.25) is 11.8 Å². The molecule has 3 aromatic rings. The second kappa shape index (κ2) is 11.0. The Bertz CT molecular complexity index is 1200. The van der Waals surface area contributed by atoms with Crippen molar-refractivity contribution < 1.29 is 23.8 Å². The fourth-order valence-corrected chi connectivity index (χ4v) is 4.30. The number of carboxylic acid groups (broad SMARTS) is 1. The molecule has 1 amide bonds. The van der Waals surface area contributed by atoms with Crippen LogP contribution in [0, 0.1) is 6.92 Å². The number of rotatable bonds is 10. The van der Waals surface area contributed by atoms with Gasteiger partial charge in [-0.05, 0) is 55.2 Å². The number of aryl methyl sites for hydroxylation is 1. The molecule has 2 heterocycles. The van der Waals surface area contributed by atoms with E-state index >= 15 is 0 Å². The zero-order valence-corrected chi connectivity index (χ0v) is 19.9. The highest BCUT2D eigenvalue weighted by atomic mass is 16.5. The summed E-state index contributed by atoms with van der Waals surface area (Å²) in [5.41, 5.74) is 3.63. The van der Waals surface area contributed by atoms with Crippen LogP contribution in [0.3, 0.4) is 0 Å². The van der Waals surface area contributed by atoms with Gasteiger partial charge in [-0.15, -0.1) is 6.58 Å². The van der Waals surface area contributed by atoms with E-state index in [9.17, 15) is 14.7 Å². The van der Waals surface area contributed by atoms with Gasteiger partial charge in [0.25, 0.3) is 0 Å². The number of hydrogen-bond donors (Lipinski definition) is 1. The van der Waals surface area contributed by atoms with Crippen molar-refractivity contribution >= 4 is 11.9 Å². The van der Waals surface area contributed by atoms with E-state index < -0.39 is 12.0 Å². The smallest absolute Gasteiger partial charge is 0.326 e. The van der Waals surface area contributed by atoms with Gasteiger partial charge >= 0.3 is 5.97 Å². The quantitative estimate of drug-likeness (QED) is 0.330. The highest BCUT2D eigenvalue weighted by Crippen LogP contribution is 2.28. The summed E-state index contributed by atoms with van der Waals surface area (Å²) in [4.78, 5) is 30.6. The summed E-state index contributed by atoms with van der Waals surface area (Å²) < 4.78 is 11.8. The molecule has 0 saturated carbocycles. The second-order valence-corrected chi connectivity index (χ2v) is 8.68. The zero-order chi connectivity index (χ0) is 24.8. The van der Waals surface area contributed by atoms with Crippen LogP contribution >= 0.6 is 0 Å². The molecule has 0 unspecified atom stereocenters. The molecule has 0 saturated heterocycles. The van der Waals surface area contributed by atoms with Crippen molar-refractivity contribution in [3.05, 3.63) is 83.8 Å².